The van der Waals surface area contributed by atoms with Crippen LogP contribution in [0.1, 0.15) is 185 Å². The Morgan fingerprint density at radius 3 is 1.75 bits per heavy atom. The molecule has 142 heavy (non-hydrogen) atoms. The van der Waals surface area contributed by atoms with E-state index in [9.17, 15) is 61.0 Å². The van der Waals surface area contributed by atoms with Crippen molar-refractivity contribution in [3.63, 3.8) is 0 Å². The van der Waals surface area contributed by atoms with E-state index in [-0.39, 0.29) is 75.4 Å². The number of amides is 8. The third-order valence-corrected chi connectivity index (χ3v) is 31.7. The van der Waals surface area contributed by atoms with Crippen molar-refractivity contribution >= 4 is 78.4 Å². The SMILES string of the molecule is CCCCCCCCCCC(=O)N[C@H]1[C@H](Oc2c3cc4cc2Oc2ccc(cc2Cl)[C@@H](O)[C@@H]2NC(=O)[C@H](NC(=O)[C@@H]4NC(=O)[C@H]4NC(=O)[C@@H](Cc5ccc(cc5)O3)NC(=O)[C@@H](NC)c3ccc(O)c(c3)Oc3cc(O[P+](N5CCCC5)(N5CCCC5)N5CCCC5)c(Cl)c4c3)c3ccc(O)c(c3)-c3c(O[C@H]4O[C@H](CO)[C@@H](O)[C@H](O)[C@@H]4O)cc(O)cc3[C@H](C(=O)NCCCN(C)C)NC2=O)O[C@H](CO)[C@@H](O)[C@@H]1O. The van der Waals surface area contributed by atoms with Gasteiger partial charge >= 0.3 is 7.94 Å². The van der Waals surface area contributed by atoms with E-state index in [1.54, 1.807) is 26.2 Å². The first kappa shape index (κ1) is 104. The van der Waals surface area contributed by atoms with E-state index in [1.807, 2.05) is 4.90 Å². The molecule has 11 heterocycles. The quantitative estimate of drug-likeness (QED) is 0.0194. The average Bonchev–Trinajstić information content (AvgIpc) is 1.65. The lowest BCUT2D eigenvalue weighted by Gasteiger charge is -2.42. The summed E-state index contributed by atoms with van der Waals surface area (Å²) < 4.78 is 61.1. The van der Waals surface area contributed by atoms with Gasteiger partial charge in [0.25, 0.3) is 0 Å². The van der Waals surface area contributed by atoms with Crippen LogP contribution in [0.3, 0.4) is 0 Å². The lowest BCUT2D eigenvalue weighted by molar-refractivity contribution is -0.277. The highest BCUT2D eigenvalue weighted by Gasteiger charge is 2.63. The number of unbranched alkanes of at least 4 members (excludes halogenated alkanes) is 7. The number of rotatable bonds is 27. The molecule has 5 saturated heterocycles. The van der Waals surface area contributed by atoms with E-state index in [1.165, 1.54) is 67.7 Å². The monoisotopic (exact) mass is 2030 g/mol. The molecular weight excluding hydrogens is 1910 g/mol. The van der Waals surface area contributed by atoms with Crippen molar-refractivity contribution in [3.8, 4) is 80.1 Å². The average molecular weight is 2030 g/mol. The van der Waals surface area contributed by atoms with Crippen LogP contribution in [0.25, 0.3) is 11.1 Å². The molecule has 40 nitrogen and oxygen atoms in total. The zero-order valence-corrected chi connectivity index (χ0v) is 81.3. The molecule has 8 amide bonds. The van der Waals surface area contributed by atoms with E-state index in [0.29, 0.717) is 70.6 Å². The van der Waals surface area contributed by atoms with Crippen LogP contribution in [-0.4, -0.2) is 282 Å². The van der Waals surface area contributed by atoms with Crippen LogP contribution >= 0.6 is 31.1 Å². The summed E-state index contributed by atoms with van der Waals surface area (Å²) in [4.78, 5) is 131. The maximum atomic E-state index is 17.4. The van der Waals surface area contributed by atoms with Crippen molar-refractivity contribution in [1.29, 1.82) is 0 Å². The first-order valence-corrected chi connectivity index (χ1v) is 50.6. The Hall–Kier alpha value is -11.1. The van der Waals surface area contributed by atoms with Gasteiger partial charge in [0.15, 0.2) is 23.0 Å². The summed E-state index contributed by atoms with van der Waals surface area (Å²) in [7, 11) is 1.87. The van der Waals surface area contributed by atoms with Crippen LogP contribution in [0.15, 0.2) is 115 Å². The molecular formula is C99H123Cl2N13O27P+. The van der Waals surface area contributed by atoms with Crippen LogP contribution in [0.2, 0.25) is 10.0 Å². The minimum atomic E-state index is -3.20. The Morgan fingerprint density at radius 1 is 0.521 bits per heavy atom. The van der Waals surface area contributed by atoms with Gasteiger partial charge in [-0.3, -0.25) is 42.9 Å². The van der Waals surface area contributed by atoms with Gasteiger partial charge in [-0.15, -0.1) is 14.0 Å². The van der Waals surface area contributed by atoms with Crippen molar-refractivity contribution in [2.24, 2.45) is 0 Å². The van der Waals surface area contributed by atoms with E-state index in [0.717, 1.165) is 120 Å². The smallest absolute Gasteiger partial charge is 0.417 e. The van der Waals surface area contributed by atoms with Crippen molar-refractivity contribution in [1.82, 2.24) is 66.8 Å². The van der Waals surface area contributed by atoms with E-state index >= 15 is 33.6 Å². The molecule has 0 saturated carbocycles. The lowest BCUT2D eigenvalue weighted by atomic mass is 9.89. The highest BCUT2D eigenvalue weighted by Crippen LogP contribution is 2.71. The molecule has 0 spiro atoms. The summed E-state index contributed by atoms with van der Waals surface area (Å²) >= 11 is 15.5. The first-order valence-electron chi connectivity index (χ1n) is 48.3. The van der Waals surface area contributed by atoms with Crippen molar-refractivity contribution in [2.75, 3.05) is 86.7 Å². The topological polar surface area (TPSA) is 554 Å². The number of hydrogen-bond acceptors (Lipinski definition) is 32. The first-order chi connectivity index (χ1) is 68.3. The van der Waals surface area contributed by atoms with E-state index < -0.39 is 246 Å². The molecule has 18 rings (SSSR count). The number of halogens is 2. The van der Waals surface area contributed by atoms with Gasteiger partial charge in [-0.25, -0.2) is 0 Å². The van der Waals surface area contributed by atoms with Crippen LogP contribution in [0, 0.1) is 0 Å². The van der Waals surface area contributed by atoms with Gasteiger partial charge in [-0.05, 0) is 185 Å². The molecule has 0 unspecified atom stereocenters. The van der Waals surface area contributed by atoms with Gasteiger partial charge in [-0.1, -0.05) is 105 Å². The lowest BCUT2D eigenvalue weighted by Crippen LogP contribution is -2.65. The van der Waals surface area contributed by atoms with Crippen LogP contribution in [-0.2, 0) is 54.3 Å². The molecule has 5 fully saturated rings. The summed E-state index contributed by atoms with van der Waals surface area (Å²) in [6, 6.07) is 8.33. The number of fused-ring (bicyclic) bond motifs is 14. The highest BCUT2D eigenvalue weighted by molar-refractivity contribution is 7.64. The highest BCUT2D eigenvalue weighted by atomic mass is 35.5. The van der Waals surface area contributed by atoms with Gasteiger partial charge in [0, 0.05) is 87.5 Å². The second kappa shape index (κ2) is 45.9. The number of aromatic hydroxyl groups is 3. The fourth-order valence-corrected chi connectivity index (χ4v) is 24.4. The molecule has 0 aliphatic carbocycles. The standard InChI is InChI=1S/C99H122Cl2N13O27P/c1-5-6-7-8-9-10-11-12-20-74(120)105-83-87(124)85(122)72(49-115)138-98(83)140-90-70-43-55-44-71(90)136-66-30-25-54(41-62(66)100)84(121)82-97(133)109-80(92(128)103-31-19-32-111(3)4)60-45-56(117)46-68(137-99-89(126)88(125)86(123)73(50-116)139-99)75(60)59-40-52(23-28-64(59)118)78(94(130)110-82)106-95(131)79(55)107-96(132)81-61-47-58(48-69(76(61)101)141-142(112-33-13-14-34-112,113-35-15-16-36-113)114-37-17-18-38-114)135-67-42-53(24-29-65(67)119)77(102-2)93(129)104-63(91(127)108-81)39-51-21-26-57(134-70)27-22-51/h21-30,40-48,63,72-73,77-89,98-99,102,115-116,121-126H,5-20,31-39,49-50H2,1-4H3,(H10-,103,104,105,106,107,108,109,110,117,118,119,120,127,128,129,130,131,132,133)/p+1/t63-,72-,73-,77+,78-,79-,80-,81+,82+,83-,84-,85-,86-,87-,88+,89+,98+,99+/m1/s1. The van der Waals surface area contributed by atoms with Gasteiger partial charge in [0.2, 0.25) is 71.3 Å². The number of phenols is 3. The second-order valence-electron chi connectivity index (χ2n) is 37.4. The number of phenolic OH excluding ortho intramolecular Hbond substituents is 3. The summed E-state index contributed by atoms with van der Waals surface area (Å²) in [5, 5.41) is 153. The summed E-state index contributed by atoms with van der Waals surface area (Å²) in [6.07, 6.45) is -7.70. The van der Waals surface area contributed by atoms with Crippen molar-refractivity contribution < 1.29 is 132 Å². The molecule has 18 atom stereocenters. The maximum absolute atomic E-state index is 17.4. The third kappa shape index (κ3) is 22.7. The number of hydrogen-bond donors (Lipinski definition) is 20. The predicted molar refractivity (Wildman–Crippen MR) is 515 cm³/mol. The summed E-state index contributed by atoms with van der Waals surface area (Å²) in [6.45, 7) is 4.33. The van der Waals surface area contributed by atoms with Gasteiger partial charge in [-0.2, -0.15) is 0 Å². The molecule has 0 aromatic heterocycles. The second-order valence-corrected chi connectivity index (χ2v) is 41.1. The fourth-order valence-electron chi connectivity index (χ4n) is 19.6. The minimum Gasteiger partial charge on any atom is -0.508 e. The molecule has 7 aromatic rings. The summed E-state index contributed by atoms with van der Waals surface area (Å²) in [5.74, 6) is -13.8. The Balaban J connectivity index is 0.930. The van der Waals surface area contributed by atoms with Crippen LogP contribution in [0.4, 0.5) is 0 Å². The molecule has 764 valence electrons. The van der Waals surface area contributed by atoms with E-state index in [4.69, 9.17) is 60.9 Å². The number of nitrogens with one attached hydrogen (secondary N) is 9. The number of benzene rings is 7. The molecule has 0 radical (unpaired) electrons. The van der Waals surface area contributed by atoms with Crippen LogP contribution < -0.4 is 76.1 Å². The number of carbonyl (C=O) groups is 8. The normalized spacial score (nSPS) is 26.7. The number of aliphatic hydroxyl groups is 8. The molecule has 20 N–H and O–H groups in total. The third-order valence-electron chi connectivity index (χ3n) is 27.2. The van der Waals surface area contributed by atoms with Crippen molar-refractivity contribution in [3.05, 3.63) is 164 Å². The van der Waals surface area contributed by atoms with Crippen LogP contribution in [0.5, 0.6) is 69.0 Å². The van der Waals surface area contributed by atoms with Gasteiger partial charge < -0.3 is 142 Å². The molecule has 11 aliphatic heterocycles. The number of ether oxygens (including phenoxy) is 7. The van der Waals surface area contributed by atoms with Gasteiger partial charge in [0.05, 0.1) is 23.3 Å². The zero-order chi connectivity index (χ0) is 101. The molecule has 11 aliphatic rings. The number of aliphatic hydroxyl groups excluding tert-OH is 8. The Bertz CT molecular complexity index is 5720. The largest absolute Gasteiger partial charge is 0.508 e. The fraction of sp³-hybridized carbons (Fsp3) is 0.495. The Kier molecular flexibility index (Phi) is 33.5. The summed E-state index contributed by atoms with van der Waals surface area (Å²) in [5.41, 5.74) is -2.01. The zero-order valence-electron chi connectivity index (χ0n) is 78.9. The molecule has 43 heteroatoms. The Morgan fingerprint density at radius 2 is 1.11 bits per heavy atom. The molecule has 17 bridgehead atoms. The molecule has 7 aromatic carbocycles. The maximum Gasteiger partial charge on any atom is 0.417 e. The Labute approximate surface area is 829 Å². The van der Waals surface area contributed by atoms with Gasteiger partial charge in [0.1, 0.15) is 132 Å². The minimum absolute atomic E-state index is 0.0589. The number of likely N-dealkylation sites (N-methyl/N-ethyl adjacent to an activating group) is 1. The number of nitrogens with zero attached hydrogens (tertiary/aromatic N) is 4. The number of carbonyl (C=O) groups excluding carboxylic acids is 8. The predicted octanol–water partition coefficient (Wildman–Crippen LogP) is 6.47. The van der Waals surface area contributed by atoms with E-state index in [2.05, 4.69) is 68.8 Å². The van der Waals surface area contributed by atoms with Crippen molar-refractivity contribution in [2.45, 2.75) is 226 Å².